The van der Waals surface area contributed by atoms with Crippen LogP contribution in [0.2, 0.25) is 0 Å². The van der Waals surface area contributed by atoms with E-state index in [4.69, 9.17) is 9.84 Å². The molecule has 0 fully saturated rings. The van der Waals surface area contributed by atoms with E-state index in [-0.39, 0.29) is 18.4 Å². The van der Waals surface area contributed by atoms with E-state index in [0.717, 1.165) is 24.9 Å². The van der Waals surface area contributed by atoms with E-state index in [2.05, 4.69) is 12.2 Å². The molecule has 5 heteroatoms. The smallest absolute Gasteiger partial charge is 0.341 e. The number of nitrogens with zero attached hydrogens (tertiary/aromatic N) is 1. The van der Waals surface area contributed by atoms with Gasteiger partial charge < -0.3 is 14.7 Å². The lowest BCUT2D eigenvalue weighted by Gasteiger charge is -2.24. The van der Waals surface area contributed by atoms with Gasteiger partial charge in [-0.25, -0.2) is 4.79 Å². The lowest BCUT2D eigenvalue weighted by atomic mass is 9.93. The average molecular weight is 289 g/mol. The first-order valence-corrected chi connectivity index (χ1v) is 6.95. The summed E-state index contributed by atoms with van der Waals surface area (Å²) in [5.41, 5.74) is 0.775. The second-order valence-electron chi connectivity index (χ2n) is 5.05. The average Bonchev–Trinajstić information content (AvgIpc) is 2.53. The molecule has 2 rings (SSSR count). The van der Waals surface area contributed by atoms with E-state index in [0.29, 0.717) is 5.75 Å². The van der Waals surface area contributed by atoms with Crippen LogP contribution in [-0.2, 0) is 9.59 Å². The molecule has 1 unspecified atom stereocenters. The number of allylic oxidation sites excluding steroid dienone is 2. The van der Waals surface area contributed by atoms with Crippen LogP contribution < -0.4 is 9.64 Å². The van der Waals surface area contributed by atoms with Crippen molar-refractivity contribution in [3.05, 3.63) is 36.4 Å². The Hall–Kier alpha value is -2.30. The molecule has 1 N–H and O–H groups in total. The number of carboxylic acid groups (broad SMARTS) is 1. The maximum Gasteiger partial charge on any atom is 0.341 e. The third-order valence-electron chi connectivity index (χ3n) is 3.54. The molecule has 5 nitrogen and oxygen atoms in total. The van der Waals surface area contributed by atoms with Crippen molar-refractivity contribution in [3.8, 4) is 5.75 Å². The summed E-state index contributed by atoms with van der Waals surface area (Å²) in [5.74, 6) is -0.388. The van der Waals surface area contributed by atoms with E-state index in [1.807, 2.05) is 0 Å². The number of hydrogen-bond donors (Lipinski definition) is 1. The quantitative estimate of drug-likeness (QED) is 0.846. The van der Waals surface area contributed by atoms with Crippen molar-refractivity contribution < 1.29 is 19.4 Å². The van der Waals surface area contributed by atoms with Crippen molar-refractivity contribution in [2.75, 3.05) is 18.6 Å². The van der Waals surface area contributed by atoms with Gasteiger partial charge in [0, 0.05) is 18.7 Å². The van der Waals surface area contributed by atoms with E-state index < -0.39 is 5.97 Å². The molecular formula is C16H19NO4. The van der Waals surface area contributed by atoms with Crippen LogP contribution in [0.5, 0.6) is 5.75 Å². The number of amides is 1. The number of rotatable bonds is 5. The van der Waals surface area contributed by atoms with E-state index >= 15 is 0 Å². The molecule has 112 valence electrons. The lowest BCUT2D eigenvalue weighted by Crippen LogP contribution is -2.33. The van der Waals surface area contributed by atoms with Crippen LogP contribution >= 0.6 is 0 Å². The molecule has 1 aliphatic carbocycles. The van der Waals surface area contributed by atoms with Gasteiger partial charge in [-0.15, -0.1) is 0 Å². The second kappa shape index (κ2) is 6.92. The van der Waals surface area contributed by atoms with E-state index in [1.165, 1.54) is 0 Å². The summed E-state index contributed by atoms with van der Waals surface area (Å²) in [6.07, 6.45) is 6.80. The normalized spacial score (nSPS) is 17.3. The van der Waals surface area contributed by atoms with Crippen LogP contribution in [0.3, 0.4) is 0 Å². The molecule has 0 heterocycles. The number of aliphatic carboxylic acids is 1. The number of benzene rings is 1. The highest BCUT2D eigenvalue weighted by Crippen LogP contribution is 2.24. The summed E-state index contributed by atoms with van der Waals surface area (Å²) in [5, 5.41) is 8.55. The molecule has 1 aromatic rings. The highest BCUT2D eigenvalue weighted by Gasteiger charge is 2.22. The molecule has 1 aromatic carbocycles. The Bertz CT molecular complexity index is 536. The fourth-order valence-corrected chi connectivity index (χ4v) is 2.33. The van der Waals surface area contributed by atoms with E-state index in [9.17, 15) is 9.59 Å². The van der Waals surface area contributed by atoms with Crippen LogP contribution in [0.15, 0.2) is 36.4 Å². The Morgan fingerprint density at radius 2 is 2.00 bits per heavy atom. The summed E-state index contributed by atoms with van der Waals surface area (Å²) in [6, 6.07) is 6.85. The molecule has 1 amide bonds. The van der Waals surface area contributed by atoms with Crippen molar-refractivity contribution in [2.45, 2.75) is 19.3 Å². The predicted molar refractivity (Wildman–Crippen MR) is 79.5 cm³/mol. The van der Waals surface area contributed by atoms with Crippen molar-refractivity contribution in [2.24, 2.45) is 5.92 Å². The summed E-state index contributed by atoms with van der Waals surface area (Å²) < 4.78 is 5.07. The number of carboxylic acids is 1. The number of carbonyl (C=O) groups is 2. The number of hydrogen-bond acceptors (Lipinski definition) is 3. The van der Waals surface area contributed by atoms with Crippen LogP contribution in [0.25, 0.3) is 0 Å². The molecular weight excluding hydrogens is 270 g/mol. The Balaban J connectivity index is 1.98. The maximum atomic E-state index is 12.4. The van der Waals surface area contributed by atoms with Gasteiger partial charge in [-0.3, -0.25) is 4.79 Å². The van der Waals surface area contributed by atoms with Gasteiger partial charge in [0.05, 0.1) is 0 Å². The molecule has 0 saturated heterocycles. The zero-order chi connectivity index (χ0) is 15.2. The first kappa shape index (κ1) is 15.1. The standard InChI is InChI=1S/C16H19NO4/c1-17(16(20)12-5-3-2-4-6-12)13-7-9-14(10-8-13)21-11-15(18)19/h2-3,7-10,12H,4-6,11H2,1H3,(H,18,19). The van der Waals surface area contributed by atoms with E-state index in [1.54, 1.807) is 36.2 Å². The molecule has 0 aromatic heterocycles. The van der Waals surface area contributed by atoms with Crippen molar-refractivity contribution in [3.63, 3.8) is 0 Å². The molecule has 0 bridgehead atoms. The highest BCUT2D eigenvalue weighted by molar-refractivity contribution is 5.94. The number of carbonyl (C=O) groups excluding carboxylic acids is 1. The van der Waals surface area contributed by atoms with Crippen molar-refractivity contribution in [1.82, 2.24) is 0 Å². The zero-order valence-electron chi connectivity index (χ0n) is 12.0. The summed E-state index contributed by atoms with van der Waals surface area (Å²) in [6.45, 7) is -0.372. The van der Waals surface area contributed by atoms with Crippen LogP contribution in [0.4, 0.5) is 5.69 Å². The fraction of sp³-hybridized carbons (Fsp3) is 0.375. The fourth-order valence-electron chi connectivity index (χ4n) is 2.33. The molecule has 1 aliphatic rings. The third kappa shape index (κ3) is 4.08. The largest absolute Gasteiger partial charge is 0.482 e. The van der Waals surface area contributed by atoms with Gasteiger partial charge in [0.25, 0.3) is 0 Å². The minimum atomic E-state index is -1.02. The Morgan fingerprint density at radius 1 is 1.29 bits per heavy atom. The zero-order valence-corrected chi connectivity index (χ0v) is 12.0. The van der Waals surface area contributed by atoms with Gasteiger partial charge in [-0.1, -0.05) is 12.2 Å². The van der Waals surface area contributed by atoms with Gasteiger partial charge in [-0.05, 0) is 43.5 Å². The molecule has 0 aliphatic heterocycles. The lowest BCUT2D eigenvalue weighted by molar-refractivity contribution is -0.139. The first-order valence-electron chi connectivity index (χ1n) is 6.95. The van der Waals surface area contributed by atoms with Gasteiger partial charge in [0.15, 0.2) is 6.61 Å². The topological polar surface area (TPSA) is 66.8 Å². The van der Waals surface area contributed by atoms with Gasteiger partial charge in [0.1, 0.15) is 5.75 Å². The monoisotopic (exact) mass is 289 g/mol. The second-order valence-corrected chi connectivity index (χ2v) is 5.05. The Kier molecular flexibility index (Phi) is 4.98. The predicted octanol–water partition coefficient (Wildman–Crippen LogP) is 2.47. The molecule has 0 saturated carbocycles. The minimum absolute atomic E-state index is 0.0444. The van der Waals surface area contributed by atoms with Crippen molar-refractivity contribution in [1.29, 1.82) is 0 Å². The Labute approximate surface area is 123 Å². The summed E-state index contributed by atoms with van der Waals surface area (Å²) in [7, 11) is 1.76. The van der Waals surface area contributed by atoms with Crippen LogP contribution in [0.1, 0.15) is 19.3 Å². The van der Waals surface area contributed by atoms with Gasteiger partial charge >= 0.3 is 5.97 Å². The van der Waals surface area contributed by atoms with Gasteiger partial charge in [-0.2, -0.15) is 0 Å². The minimum Gasteiger partial charge on any atom is -0.482 e. The van der Waals surface area contributed by atoms with Crippen LogP contribution in [0, 0.1) is 5.92 Å². The number of ether oxygens (including phenoxy) is 1. The molecule has 0 spiro atoms. The summed E-state index contributed by atoms with van der Waals surface area (Å²) >= 11 is 0. The third-order valence-corrected chi connectivity index (χ3v) is 3.54. The van der Waals surface area contributed by atoms with Crippen molar-refractivity contribution >= 4 is 17.6 Å². The first-order chi connectivity index (χ1) is 10.1. The SMILES string of the molecule is CN(C(=O)C1CC=CCC1)c1ccc(OCC(=O)O)cc1. The highest BCUT2D eigenvalue weighted by atomic mass is 16.5. The molecule has 0 radical (unpaired) electrons. The molecule has 1 atom stereocenters. The van der Waals surface area contributed by atoms with Crippen LogP contribution in [-0.4, -0.2) is 30.6 Å². The summed E-state index contributed by atoms with van der Waals surface area (Å²) in [4.78, 5) is 24.5. The number of anilines is 1. The Morgan fingerprint density at radius 3 is 2.57 bits per heavy atom. The maximum absolute atomic E-state index is 12.4. The molecule has 21 heavy (non-hydrogen) atoms. The van der Waals surface area contributed by atoms with Gasteiger partial charge in [0.2, 0.25) is 5.91 Å².